The third-order valence-electron chi connectivity index (χ3n) is 6.38. The van der Waals surface area contributed by atoms with Gasteiger partial charge in [0.15, 0.2) is 12.4 Å². The van der Waals surface area contributed by atoms with E-state index in [0.29, 0.717) is 23.7 Å². The number of halogens is 2. The number of rotatable bonds is 4. The fraction of sp³-hybridized carbons (Fsp3) is 0.185. The van der Waals surface area contributed by atoms with E-state index < -0.39 is 10.0 Å². The molecule has 1 aliphatic heterocycles. The van der Waals surface area contributed by atoms with Gasteiger partial charge in [0, 0.05) is 48.9 Å². The molecule has 1 saturated heterocycles. The molecule has 0 bridgehead atoms. The lowest BCUT2D eigenvalue weighted by atomic mass is 10.0. The molecule has 1 aliphatic rings. The first kappa shape index (κ1) is 26.5. The van der Waals surface area contributed by atoms with Crippen molar-refractivity contribution in [2.45, 2.75) is 4.90 Å². The maximum atomic E-state index is 13.2. The van der Waals surface area contributed by atoms with Gasteiger partial charge in [0.2, 0.25) is 10.0 Å². The molecule has 0 aliphatic carbocycles. The summed E-state index contributed by atoms with van der Waals surface area (Å²) in [6, 6.07) is 22.0. The van der Waals surface area contributed by atoms with E-state index in [1.807, 2.05) is 72.5 Å². The lowest BCUT2D eigenvalue weighted by Crippen LogP contribution is -3.00. The van der Waals surface area contributed by atoms with Crippen LogP contribution in [0.4, 0.5) is 0 Å². The van der Waals surface area contributed by atoms with Gasteiger partial charge < -0.3 is 28.9 Å². The average molecular weight is 634 g/mol. The Balaban J connectivity index is 0.00000304. The van der Waals surface area contributed by atoms with Crippen molar-refractivity contribution in [1.82, 2.24) is 9.21 Å². The quantitative estimate of drug-likeness (QED) is 0.250. The number of amides is 1. The van der Waals surface area contributed by atoms with Crippen molar-refractivity contribution in [2.75, 3.05) is 26.2 Å². The van der Waals surface area contributed by atoms with Gasteiger partial charge >= 0.3 is 0 Å². The summed E-state index contributed by atoms with van der Waals surface area (Å²) >= 11 is 6.04. The van der Waals surface area contributed by atoms with Gasteiger partial charge in [0.05, 0.1) is 4.90 Å². The molecule has 0 radical (unpaired) electrons. The first-order valence-electron chi connectivity index (χ1n) is 11.4. The highest BCUT2D eigenvalue weighted by molar-refractivity contribution is 7.89. The van der Waals surface area contributed by atoms with E-state index in [9.17, 15) is 13.2 Å². The summed E-state index contributed by atoms with van der Waals surface area (Å²) in [4.78, 5) is 15.0. The predicted molar refractivity (Wildman–Crippen MR) is 137 cm³/mol. The minimum Gasteiger partial charge on any atom is -1.00 e. The molecule has 0 atom stereocenters. The van der Waals surface area contributed by atoms with Gasteiger partial charge in [-0.15, -0.1) is 0 Å². The zero-order chi connectivity index (χ0) is 24.6. The van der Waals surface area contributed by atoms with E-state index in [1.54, 1.807) is 29.2 Å². The van der Waals surface area contributed by atoms with E-state index in [-0.39, 0.29) is 47.9 Å². The Bertz CT molecular complexity index is 1500. The van der Waals surface area contributed by atoms with Crippen LogP contribution in [0.2, 0.25) is 5.02 Å². The molecule has 0 unspecified atom stereocenters. The number of carbonyl (C=O) groups excluding carboxylic acids is 1. The summed E-state index contributed by atoms with van der Waals surface area (Å²) in [6.45, 7) is 1.20. The van der Waals surface area contributed by atoms with Crippen molar-refractivity contribution in [2.24, 2.45) is 7.05 Å². The van der Waals surface area contributed by atoms with Crippen LogP contribution < -0.4 is 28.5 Å². The van der Waals surface area contributed by atoms with Crippen molar-refractivity contribution >= 4 is 38.3 Å². The standard InChI is InChI=1S/C27H25ClN3O3S.HI/c1-29-12-10-21(11-13-29)20-2-4-22(5-3-20)27(32)30-14-16-31(17-15-30)35(33,34)26-9-7-23-18-25(28)8-6-24(23)19-26;/h2-13,18-19H,14-17H2,1H3;1H/q+1;/p-1. The van der Waals surface area contributed by atoms with Crippen molar-refractivity contribution < 1.29 is 41.8 Å². The molecule has 6 nitrogen and oxygen atoms in total. The number of aryl methyl sites for hydroxylation is 1. The number of benzene rings is 3. The Hall–Kier alpha value is -2.53. The summed E-state index contributed by atoms with van der Waals surface area (Å²) in [6.07, 6.45) is 3.96. The molecule has 0 N–H and O–H groups in total. The number of fused-ring (bicyclic) bond motifs is 1. The molecular formula is C27H25ClIN3O3S. The van der Waals surface area contributed by atoms with Crippen LogP contribution in [-0.2, 0) is 17.1 Å². The predicted octanol–water partition coefficient (Wildman–Crippen LogP) is 1.14. The second-order valence-electron chi connectivity index (χ2n) is 8.68. The zero-order valence-corrected chi connectivity index (χ0v) is 23.4. The normalized spacial score (nSPS) is 14.4. The fourth-order valence-corrected chi connectivity index (χ4v) is 5.96. The SMILES string of the molecule is C[n+]1ccc(-c2ccc(C(=O)N3CCN(S(=O)(=O)c4ccc5cc(Cl)ccc5c4)CC3)cc2)cc1.[I-]. The zero-order valence-electron chi connectivity index (χ0n) is 19.6. The number of piperazine rings is 1. The van der Waals surface area contributed by atoms with Gasteiger partial charge in [-0.25, -0.2) is 13.0 Å². The molecule has 4 aromatic rings. The number of sulfonamides is 1. The monoisotopic (exact) mass is 633 g/mol. The smallest absolute Gasteiger partial charge is 0.253 e. The van der Waals surface area contributed by atoms with Gasteiger partial charge in [-0.1, -0.05) is 35.9 Å². The third-order valence-corrected chi connectivity index (χ3v) is 8.51. The van der Waals surface area contributed by atoms with E-state index in [0.717, 1.165) is 21.9 Å². The van der Waals surface area contributed by atoms with Gasteiger partial charge in [-0.3, -0.25) is 4.79 Å². The number of aromatic nitrogens is 1. The first-order valence-corrected chi connectivity index (χ1v) is 13.2. The van der Waals surface area contributed by atoms with Crippen LogP contribution in [0.5, 0.6) is 0 Å². The first-order chi connectivity index (χ1) is 16.8. The van der Waals surface area contributed by atoms with Crippen LogP contribution in [0.1, 0.15) is 10.4 Å². The number of nitrogens with zero attached hydrogens (tertiary/aromatic N) is 3. The van der Waals surface area contributed by atoms with Gasteiger partial charge in [0.1, 0.15) is 7.05 Å². The minimum absolute atomic E-state index is 0. The lowest BCUT2D eigenvalue weighted by Gasteiger charge is -2.34. The molecule has 1 fully saturated rings. The van der Waals surface area contributed by atoms with Crippen LogP contribution in [0.15, 0.2) is 90.1 Å². The highest BCUT2D eigenvalue weighted by Crippen LogP contribution is 2.25. The fourth-order valence-electron chi connectivity index (χ4n) is 4.32. The number of hydrogen-bond donors (Lipinski definition) is 0. The Morgan fingerprint density at radius 2 is 1.39 bits per heavy atom. The van der Waals surface area contributed by atoms with Crippen molar-refractivity contribution in [3.8, 4) is 11.1 Å². The molecule has 3 aromatic carbocycles. The van der Waals surface area contributed by atoms with Crippen molar-refractivity contribution in [3.63, 3.8) is 0 Å². The van der Waals surface area contributed by atoms with E-state index >= 15 is 0 Å². The lowest BCUT2D eigenvalue weighted by molar-refractivity contribution is -0.671. The molecule has 5 rings (SSSR count). The van der Waals surface area contributed by atoms with Crippen LogP contribution in [0.3, 0.4) is 0 Å². The molecule has 9 heteroatoms. The Labute approximate surface area is 233 Å². The number of hydrogen-bond acceptors (Lipinski definition) is 3. The summed E-state index contributed by atoms with van der Waals surface area (Å²) in [5.41, 5.74) is 2.72. The molecule has 2 heterocycles. The summed E-state index contributed by atoms with van der Waals surface area (Å²) in [5, 5.41) is 2.31. The largest absolute Gasteiger partial charge is 1.00 e. The van der Waals surface area contributed by atoms with E-state index in [2.05, 4.69) is 0 Å². The second kappa shape index (κ2) is 10.8. The summed E-state index contributed by atoms with van der Waals surface area (Å²) in [7, 11) is -1.69. The third kappa shape index (κ3) is 5.41. The van der Waals surface area contributed by atoms with Crippen LogP contribution in [0, 0.1) is 0 Å². The maximum absolute atomic E-state index is 13.2. The molecule has 0 saturated carbocycles. The molecule has 1 amide bonds. The van der Waals surface area contributed by atoms with E-state index in [4.69, 9.17) is 11.6 Å². The van der Waals surface area contributed by atoms with Crippen LogP contribution in [0.25, 0.3) is 21.9 Å². The summed E-state index contributed by atoms with van der Waals surface area (Å²) < 4.78 is 29.9. The van der Waals surface area contributed by atoms with Crippen molar-refractivity contribution in [3.05, 3.63) is 95.8 Å². The van der Waals surface area contributed by atoms with Crippen LogP contribution in [-0.4, -0.2) is 49.7 Å². The Kier molecular flexibility index (Phi) is 7.99. The number of carbonyl (C=O) groups is 1. The Morgan fingerprint density at radius 3 is 2.06 bits per heavy atom. The topological polar surface area (TPSA) is 61.6 Å². The van der Waals surface area contributed by atoms with Crippen molar-refractivity contribution in [1.29, 1.82) is 0 Å². The molecule has 0 spiro atoms. The average Bonchev–Trinajstić information content (AvgIpc) is 2.88. The minimum atomic E-state index is -3.66. The van der Waals surface area contributed by atoms with E-state index in [1.165, 1.54) is 4.31 Å². The molecule has 186 valence electrons. The highest BCUT2D eigenvalue weighted by atomic mass is 127. The Morgan fingerprint density at radius 1 is 0.806 bits per heavy atom. The number of pyridine rings is 1. The molecule has 1 aromatic heterocycles. The molecular weight excluding hydrogens is 609 g/mol. The van der Waals surface area contributed by atoms with Gasteiger partial charge in [-0.2, -0.15) is 4.31 Å². The van der Waals surface area contributed by atoms with Gasteiger partial charge in [-0.05, 0) is 58.3 Å². The molecule has 36 heavy (non-hydrogen) atoms. The van der Waals surface area contributed by atoms with Gasteiger partial charge in [0.25, 0.3) is 5.91 Å². The highest BCUT2D eigenvalue weighted by Gasteiger charge is 2.30. The second-order valence-corrected chi connectivity index (χ2v) is 11.1. The summed E-state index contributed by atoms with van der Waals surface area (Å²) in [5.74, 6) is -0.0874. The van der Waals surface area contributed by atoms with Crippen LogP contribution >= 0.6 is 11.6 Å². The maximum Gasteiger partial charge on any atom is 0.253 e.